The van der Waals surface area contributed by atoms with E-state index >= 15 is 0 Å². The average molecular weight is 190 g/mol. The van der Waals surface area contributed by atoms with Gasteiger partial charge in [0, 0.05) is 5.57 Å². The monoisotopic (exact) mass is 190 g/mol. The van der Waals surface area contributed by atoms with Crippen molar-refractivity contribution >= 4 is 5.97 Å². The summed E-state index contributed by atoms with van der Waals surface area (Å²) in [6.07, 6.45) is -0.560. The first kappa shape index (κ1) is 14.6. The van der Waals surface area contributed by atoms with Crippen LogP contribution >= 0.6 is 0 Å². The van der Waals surface area contributed by atoms with Crippen LogP contribution in [-0.4, -0.2) is 35.5 Å². The summed E-state index contributed by atoms with van der Waals surface area (Å²) in [6.45, 7) is 8.60. The predicted octanol–water partition coefficient (Wildman–Crippen LogP) is 0.485. The summed E-state index contributed by atoms with van der Waals surface area (Å²) in [5.74, 6) is -0.312. The van der Waals surface area contributed by atoms with Crippen LogP contribution in [0.15, 0.2) is 12.2 Å². The Morgan fingerprint density at radius 2 is 2.00 bits per heavy atom. The Morgan fingerprint density at radius 1 is 1.62 bits per heavy atom. The van der Waals surface area contributed by atoms with E-state index in [0.717, 1.165) is 0 Å². The van der Waals surface area contributed by atoms with E-state index in [0.29, 0.717) is 12.2 Å². The second-order valence-electron chi connectivity index (χ2n) is 2.53. The fraction of sp³-hybridized carbons (Fsp3) is 0.667. The second-order valence-corrected chi connectivity index (χ2v) is 2.53. The van der Waals surface area contributed by atoms with Gasteiger partial charge in [-0.25, -0.2) is 4.79 Å². The van der Waals surface area contributed by atoms with E-state index in [1.807, 2.05) is 0 Å². The van der Waals surface area contributed by atoms with Gasteiger partial charge in [-0.1, -0.05) is 6.58 Å². The van der Waals surface area contributed by atoms with Crippen LogP contribution < -0.4 is 0 Å². The minimum Gasteiger partial charge on any atom is -0.463 e. The molecule has 0 bridgehead atoms. The first-order valence-electron chi connectivity index (χ1n) is 4.07. The van der Waals surface area contributed by atoms with Crippen LogP contribution in [0.4, 0.5) is 0 Å². The van der Waals surface area contributed by atoms with Gasteiger partial charge in [0.05, 0.1) is 19.3 Å². The van der Waals surface area contributed by atoms with Crippen LogP contribution in [0.25, 0.3) is 0 Å². The topological polar surface area (TPSA) is 66.8 Å². The molecule has 0 aliphatic carbocycles. The van der Waals surface area contributed by atoms with E-state index in [9.17, 15) is 4.79 Å². The van der Waals surface area contributed by atoms with Crippen molar-refractivity contribution in [1.82, 2.24) is 0 Å². The number of aliphatic hydroxyl groups is 2. The molecule has 0 rings (SSSR count). The Hall–Kier alpha value is -0.870. The van der Waals surface area contributed by atoms with E-state index in [1.54, 1.807) is 13.8 Å². The van der Waals surface area contributed by atoms with Crippen molar-refractivity contribution < 1.29 is 19.7 Å². The molecule has 2 N–H and O–H groups in total. The molecule has 4 heteroatoms. The van der Waals surface area contributed by atoms with Crippen LogP contribution in [0.2, 0.25) is 0 Å². The second kappa shape index (κ2) is 9.22. The Labute approximate surface area is 78.8 Å². The molecular formula is C9H18O4. The zero-order chi connectivity index (χ0) is 10.9. The maximum Gasteiger partial charge on any atom is 0.333 e. The van der Waals surface area contributed by atoms with Gasteiger partial charge >= 0.3 is 5.97 Å². The summed E-state index contributed by atoms with van der Waals surface area (Å²) in [4.78, 5) is 10.4. The molecule has 4 nitrogen and oxygen atoms in total. The van der Waals surface area contributed by atoms with Crippen LogP contribution in [0.1, 0.15) is 20.8 Å². The fourth-order valence-corrected chi connectivity index (χ4v) is 0.254. The third-order valence-electron chi connectivity index (χ3n) is 0.888. The third kappa shape index (κ3) is 14.0. The number of ether oxygens (including phenoxy) is 1. The number of aliphatic hydroxyl groups excluding tert-OH is 2. The van der Waals surface area contributed by atoms with Gasteiger partial charge in [0.1, 0.15) is 0 Å². The van der Waals surface area contributed by atoms with Gasteiger partial charge in [0.15, 0.2) is 0 Å². The molecule has 0 aromatic carbocycles. The summed E-state index contributed by atoms with van der Waals surface area (Å²) in [5, 5.41) is 16.0. The number of carbonyl (C=O) groups is 1. The highest BCUT2D eigenvalue weighted by Gasteiger charge is 1.98. The van der Waals surface area contributed by atoms with E-state index in [1.165, 1.54) is 6.92 Å². The van der Waals surface area contributed by atoms with Gasteiger partial charge in [-0.15, -0.1) is 0 Å². The standard InChI is InChI=1S/C6H10O2.C3H8O2/c1-4-8-6(7)5(2)3;1-3(5)2-4/h2,4H2,1,3H3;3-5H,2H2,1H3. The lowest BCUT2D eigenvalue weighted by Crippen LogP contribution is -2.03. The van der Waals surface area contributed by atoms with Gasteiger partial charge in [0.25, 0.3) is 0 Å². The molecule has 0 aliphatic heterocycles. The van der Waals surface area contributed by atoms with Crippen LogP contribution in [0, 0.1) is 0 Å². The molecular weight excluding hydrogens is 172 g/mol. The molecule has 0 amide bonds. The molecule has 0 aliphatic rings. The van der Waals surface area contributed by atoms with Crippen LogP contribution in [-0.2, 0) is 9.53 Å². The number of carbonyl (C=O) groups excluding carboxylic acids is 1. The number of hydrogen-bond acceptors (Lipinski definition) is 4. The molecule has 0 heterocycles. The van der Waals surface area contributed by atoms with Crippen molar-refractivity contribution in [3.8, 4) is 0 Å². The van der Waals surface area contributed by atoms with Crippen molar-refractivity contribution in [1.29, 1.82) is 0 Å². The highest BCUT2D eigenvalue weighted by molar-refractivity contribution is 5.86. The lowest BCUT2D eigenvalue weighted by molar-refractivity contribution is -0.138. The highest BCUT2D eigenvalue weighted by atomic mass is 16.5. The largest absolute Gasteiger partial charge is 0.463 e. The lowest BCUT2D eigenvalue weighted by Gasteiger charge is -1.96. The number of esters is 1. The molecule has 0 aromatic rings. The average Bonchev–Trinajstić information content (AvgIpc) is 2.06. The van der Waals surface area contributed by atoms with E-state index in [2.05, 4.69) is 11.3 Å². The molecule has 0 saturated heterocycles. The van der Waals surface area contributed by atoms with Crippen LogP contribution in [0.5, 0.6) is 0 Å². The smallest absolute Gasteiger partial charge is 0.333 e. The molecule has 1 atom stereocenters. The van der Waals surface area contributed by atoms with E-state index in [4.69, 9.17) is 10.2 Å². The molecule has 1 unspecified atom stereocenters. The Kier molecular flexibility index (Phi) is 10.4. The van der Waals surface area contributed by atoms with Gasteiger partial charge in [-0.05, 0) is 20.8 Å². The highest BCUT2D eigenvalue weighted by Crippen LogP contribution is 1.89. The zero-order valence-electron chi connectivity index (χ0n) is 8.41. The Balaban J connectivity index is 0. The lowest BCUT2D eigenvalue weighted by atomic mass is 10.4. The minimum atomic E-state index is -0.560. The SMILES string of the molecule is C=C(C)C(=O)OCC.CC(O)CO. The van der Waals surface area contributed by atoms with E-state index < -0.39 is 6.10 Å². The number of rotatable bonds is 3. The fourth-order valence-electron chi connectivity index (χ4n) is 0.254. The quantitative estimate of drug-likeness (QED) is 0.502. The first-order valence-corrected chi connectivity index (χ1v) is 4.07. The molecule has 0 radical (unpaired) electrons. The summed E-state index contributed by atoms with van der Waals surface area (Å²) in [7, 11) is 0. The molecule has 78 valence electrons. The van der Waals surface area contributed by atoms with Crippen molar-refractivity contribution in [3.63, 3.8) is 0 Å². The minimum absolute atomic E-state index is 0.139. The Morgan fingerprint density at radius 3 is 2.08 bits per heavy atom. The van der Waals surface area contributed by atoms with Gasteiger partial charge in [0.2, 0.25) is 0 Å². The first-order chi connectivity index (χ1) is 5.95. The van der Waals surface area contributed by atoms with Gasteiger partial charge in [-0.2, -0.15) is 0 Å². The third-order valence-corrected chi connectivity index (χ3v) is 0.888. The molecule has 13 heavy (non-hydrogen) atoms. The van der Waals surface area contributed by atoms with Crippen molar-refractivity contribution in [2.45, 2.75) is 26.9 Å². The van der Waals surface area contributed by atoms with Crippen molar-refractivity contribution in [2.75, 3.05) is 13.2 Å². The predicted molar refractivity (Wildman–Crippen MR) is 50.2 cm³/mol. The summed E-state index contributed by atoms with van der Waals surface area (Å²) in [6, 6.07) is 0. The summed E-state index contributed by atoms with van der Waals surface area (Å²) >= 11 is 0. The number of hydrogen-bond donors (Lipinski definition) is 2. The maximum atomic E-state index is 10.4. The molecule has 0 spiro atoms. The summed E-state index contributed by atoms with van der Waals surface area (Å²) < 4.78 is 4.56. The van der Waals surface area contributed by atoms with Gasteiger partial charge in [-0.3, -0.25) is 0 Å². The van der Waals surface area contributed by atoms with Crippen LogP contribution in [0.3, 0.4) is 0 Å². The van der Waals surface area contributed by atoms with Gasteiger partial charge < -0.3 is 14.9 Å². The Bertz CT molecular complexity index is 152. The van der Waals surface area contributed by atoms with Crippen molar-refractivity contribution in [2.24, 2.45) is 0 Å². The summed E-state index contributed by atoms with van der Waals surface area (Å²) in [5.41, 5.74) is 0.451. The van der Waals surface area contributed by atoms with Crippen molar-refractivity contribution in [3.05, 3.63) is 12.2 Å². The molecule has 0 aromatic heterocycles. The molecule has 0 fully saturated rings. The molecule has 0 saturated carbocycles. The normalized spacial score (nSPS) is 10.8. The maximum absolute atomic E-state index is 10.4. The zero-order valence-corrected chi connectivity index (χ0v) is 8.41. The van der Waals surface area contributed by atoms with E-state index in [-0.39, 0.29) is 12.6 Å².